The minimum atomic E-state index is -0.457. The van der Waals surface area contributed by atoms with E-state index >= 15 is 0 Å². The molecule has 26 heavy (non-hydrogen) atoms. The average molecular weight is 380 g/mol. The largest absolute Gasteiger partial charge is 0.459 e. The molecule has 1 saturated heterocycles. The van der Waals surface area contributed by atoms with Gasteiger partial charge in [-0.05, 0) is 49.5 Å². The maximum atomic E-state index is 12.8. The molecule has 6 heteroatoms. The third-order valence-electron chi connectivity index (χ3n) is 4.82. The lowest BCUT2D eigenvalue weighted by Crippen LogP contribution is -2.35. The summed E-state index contributed by atoms with van der Waals surface area (Å²) in [5.41, 5.74) is 1.09. The van der Waals surface area contributed by atoms with E-state index in [0.717, 1.165) is 37.9 Å². The van der Waals surface area contributed by atoms with Crippen molar-refractivity contribution in [3.63, 3.8) is 0 Å². The number of hydrogen-bond donors (Lipinski definition) is 1. The highest BCUT2D eigenvalue weighted by Gasteiger charge is 2.31. The van der Waals surface area contributed by atoms with Gasteiger partial charge in [0, 0.05) is 37.1 Å². The summed E-state index contributed by atoms with van der Waals surface area (Å²) in [4.78, 5) is 14.6. The van der Waals surface area contributed by atoms with Crippen LogP contribution in [0.2, 0.25) is 5.02 Å². The number of carbonyl (C=O) groups is 1. The number of aliphatic hydroxyl groups is 1. The molecule has 2 atom stereocenters. The molecule has 0 aliphatic carbocycles. The summed E-state index contributed by atoms with van der Waals surface area (Å²) < 4.78 is 11.7. The van der Waals surface area contributed by atoms with Gasteiger partial charge in [0.25, 0.3) is 5.91 Å². The smallest absolute Gasteiger partial charge is 0.288 e. The zero-order valence-electron chi connectivity index (χ0n) is 14.9. The van der Waals surface area contributed by atoms with Crippen LogP contribution in [0.15, 0.2) is 36.1 Å². The maximum Gasteiger partial charge on any atom is 0.288 e. The van der Waals surface area contributed by atoms with E-state index in [1.165, 1.54) is 0 Å². The van der Waals surface area contributed by atoms with Gasteiger partial charge in [0.15, 0.2) is 5.76 Å². The summed E-state index contributed by atoms with van der Waals surface area (Å²) in [5.74, 6) is 0.376. The quantitative estimate of drug-likeness (QED) is 0.737. The number of carbonyl (C=O) groups excluding carboxylic acids is 1. The van der Waals surface area contributed by atoms with Gasteiger partial charge in [-0.15, -0.1) is 0 Å². The maximum absolute atomic E-state index is 12.8. The summed E-state index contributed by atoms with van der Waals surface area (Å²) in [7, 11) is 0. The van der Waals surface area contributed by atoms with E-state index in [2.05, 4.69) is 0 Å². The van der Waals surface area contributed by atoms with Crippen molar-refractivity contribution in [2.45, 2.75) is 44.3 Å². The molecule has 0 bridgehead atoms. The molecular formula is C20H26ClNO4. The van der Waals surface area contributed by atoms with E-state index in [0.29, 0.717) is 30.2 Å². The predicted octanol–water partition coefficient (Wildman–Crippen LogP) is 3.47. The molecule has 1 amide bonds. The molecule has 142 valence electrons. The Morgan fingerprint density at radius 1 is 1.23 bits per heavy atom. The highest BCUT2D eigenvalue weighted by Crippen LogP contribution is 2.33. The summed E-state index contributed by atoms with van der Waals surface area (Å²) >= 11 is 6.00. The predicted molar refractivity (Wildman–Crippen MR) is 99.9 cm³/mol. The van der Waals surface area contributed by atoms with Gasteiger partial charge in [0.05, 0.1) is 6.61 Å². The second kappa shape index (κ2) is 9.40. The lowest BCUT2D eigenvalue weighted by molar-refractivity contribution is -0.152. The fourth-order valence-corrected chi connectivity index (χ4v) is 3.48. The summed E-state index contributed by atoms with van der Waals surface area (Å²) in [6.07, 6.45) is 5.65. The van der Waals surface area contributed by atoms with Crippen LogP contribution in [0.3, 0.4) is 0 Å². The number of aliphatic hydroxyl groups excluding tert-OH is 1. The fraction of sp³-hybridized carbons (Fsp3) is 0.550. The first-order valence-corrected chi connectivity index (χ1v) is 9.71. The number of hydrogen-bond acceptors (Lipinski definition) is 4. The molecule has 1 aromatic rings. The Morgan fingerprint density at radius 2 is 1.96 bits per heavy atom. The van der Waals surface area contributed by atoms with Crippen LogP contribution in [0.5, 0.6) is 0 Å². The van der Waals surface area contributed by atoms with Crippen molar-refractivity contribution >= 4 is 17.5 Å². The molecule has 2 aliphatic rings. The fourth-order valence-electron chi connectivity index (χ4n) is 3.36. The standard InChI is InChI=1S/C20H26ClNO4/c21-17-7-5-15(6-8-17)16-13-18(20(24)22-9-1-2-10-22)26-19(14-16)25-12-4-3-11-23/h5-8,13,16,19,23H,1-4,9-12,14H2/t16-,19+/m0/s1. The van der Waals surface area contributed by atoms with E-state index in [4.69, 9.17) is 26.2 Å². The summed E-state index contributed by atoms with van der Waals surface area (Å²) in [5, 5.41) is 9.59. The van der Waals surface area contributed by atoms with Gasteiger partial charge < -0.3 is 19.5 Å². The molecular weight excluding hydrogens is 354 g/mol. The Labute approximate surface area is 159 Å². The molecule has 2 aliphatic heterocycles. The first kappa shape index (κ1) is 19.2. The van der Waals surface area contributed by atoms with Crippen LogP contribution in [0.4, 0.5) is 0 Å². The van der Waals surface area contributed by atoms with E-state index < -0.39 is 6.29 Å². The van der Waals surface area contributed by atoms with Gasteiger partial charge >= 0.3 is 0 Å². The van der Waals surface area contributed by atoms with Crippen molar-refractivity contribution in [2.24, 2.45) is 0 Å². The number of rotatable bonds is 7. The van der Waals surface area contributed by atoms with Crippen molar-refractivity contribution in [2.75, 3.05) is 26.3 Å². The number of nitrogens with zero attached hydrogens (tertiary/aromatic N) is 1. The summed E-state index contributed by atoms with van der Waals surface area (Å²) in [6.45, 7) is 2.23. The lowest BCUT2D eigenvalue weighted by Gasteiger charge is -2.30. The highest BCUT2D eigenvalue weighted by molar-refractivity contribution is 6.30. The van der Waals surface area contributed by atoms with Crippen LogP contribution >= 0.6 is 11.6 Å². The Balaban J connectivity index is 1.73. The minimum Gasteiger partial charge on any atom is -0.459 e. The number of amides is 1. The number of likely N-dealkylation sites (tertiary alicyclic amines) is 1. The molecule has 0 aromatic heterocycles. The normalized spacial score (nSPS) is 22.8. The minimum absolute atomic E-state index is 0.0467. The number of ether oxygens (including phenoxy) is 2. The molecule has 1 fully saturated rings. The molecule has 1 N–H and O–H groups in total. The zero-order valence-corrected chi connectivity index (χ0v) is 15.7. The molecule has 5 nitrogen and oxygen atoms in total. The van der Waals surface area contributed by atoms with E-state index in [1.807, 2.05) is 35.2 Å². The van der Waals surface area contributed by atoms with Crippen LogP contribution in [-0.4, -0.2) is 48.5 Å². The number of halogens is 1. The Kier molecular flexibility index (Phi) is 6.94. The van der Waals surface area contributed by atoms with E-state index in [9.17, 15) is 4.79 Å². The van der Waals surface area contributed by atoms with Gasteiger partial charge in [0.2, 0.25) is 6.29 Å². The molecule has 0 spiro atoms. The van der Waals surface area contributed by atoms with Gasteiger partial charge in [-0.1, -0.05) is 23.7 Å². The Morgan fingerprint density at radius 3 is 2.65 bits per heavy atom. The second-order valence-electron chi connectivity index (χ2n) is 6.77. The first-order valence-electron chi connectivity index (χ1n) is 9.33. The third-order valence-corrected chi connectivity index (χ3v) is 5.07. The van der Waals surface area contributed by atoms with Crippen LogP contribution < -0.4 is 0 Å². The molecule has 1 aromatic carbocycles. The summed E-state index contributed by atoms with van der Waals surface area (Å²) in [6, 6.07) is 7.68. The number of benzene rings is 1. The van der Waals surface area contributed by atoms with Gasteiger partial charge in [-0.2, -0.15) is 0 Å². The Bertz CT molecular complexity index is 625. The van der Waals surface area contributed by atoms with Crippen LogP contribution in [0, 0.1) is 0 Å². The van der Waals surface area contributed by atoms with Crippen molar-refractivity contribution in [1.82, 2.24) is 4.90 Å². The molecule has 0 unspecified atom stereocenters. The zero-order chi connectivity index (χ0) is 18.4. The third kappa shape index (κ3) is 5.00. The highest BCUT2D eigenvalue weighted by atomic mass is 35.5. The van der Waals surface area contributed by atoms with Crippen LogP contribution in [0.25, 0.3) is 0 Å². The van der Waals surface area contributed by atoms with Crippen molar-refractivity contribution in [3.8, 4) is 0 Å². The van der Waals surface area contributed by atoms with Gasteiger partial charge in [-0.3, -0.25) is 4.79 Å². The van der Waals surface area contributed by atoms with Crippen molar-refractivity contribution in [1.29, 1.82) is 0 Å². The molecule has 0 saturated carbocycles. The topological polar surface area (TPSA) is 59.0 Å². The first-order chi connectivity index (χ1) is 12.7. The second-order valence-corrected chi connectivity index (χ2v) is 7.21. The lowest BCUT2D eigenvalue weighted by atomic mass is 9.93. The monoisotopic (exact) mass is 379 g/mol. The van der Waals surface area contributed by atoms with E-state index in [1.54, 1.807) is 0 Å². The molecule has 2 heterocycles. The number of unbranched alkanes of at least 4 members (excludes halogenated alkanes) is 1. The van der Waals surface area contributed by atoms with E-state index in [-0.39, 0.29) is 18.4 Å². The molecule has 3 rings (SSSR count). The Hall–Kier alpha value is -1.56. The van der Waals surface area contributed by atoms with Gasteiger partial charge in [0.1, 0.15) is 0 Å². The van der Waals surface area contributed by atoms with Gasteiger partial charge in [-0.25, -0.2) is 0 Å². The average Bonchev–Trinajstić information content (AvgIpc) is 3.20. The van der Waals surface area contributed by atoms with Crippen molar-refractivity contribution < 1.29 is 19.4 Å². The van der Waals surface area contributed by atoms with Crippen LogP contribution in [-0.2, 0) is 14.3 Å². The SMILES string of the molecule is O=C(C1=C[C@H](c2ccc(Cl)cc2)C[C@H](OCCCCO)O1)N1CCCC1. The van der Waals surface area contributed by atoms with Crippen molar-refractivity contribution in [3.05, 3.63) is 46.7 Å². The van der Waals surface area contributed by atoms with Crippen LogP contribution in [0.1, 0.15) is 43.6 Å². The number of allylic oxidation sites excluding steroid dienone is 1. The molecule has 0 radical (unpaired) electrons.